The van der Waals surface area contributed by atoms with Gasteiger partial charge < -0.3 is 15.0 Å². The zero-order valence-corrected chi connectivity index (χ0v) is 17.0. The Hall–Kier alpha value is -4.20. The Morgan fingerprint density at radius 1 is 1.10 bits per heavy atom. The number of fused-ring (bicyclic) bond motifs is 1. The van der Waals surface area contributed by atoms with Gasteiger partial charge in [-0.25, -0.2) is 9.48 Å². The number of esters is 1. The number of hydrogen-bond acceptors (Lipinski definition) is 5. The van der Waals surface area contributed by atoms with Crippen LogP contribution in [0.25, 0.3) is 16.7 Å². The number of carbonyl (C=O) groups is 2. The van der Waals surface area contributed by atoms with Crippen LogP contribution >= 0.6 is 0 Å². The Kier molecular flexibility index (Phi) is 5.36. The molecule has 0 aliphatic carbocycles. The molecular formula is C23H20N4O4. The van der Waals surface area contributed by atoms with Crippen molar-refractivity contribution in [3.63, 3.8) is 0 Å². The van der Waals surface area contributed by atoms with E-state index in [0.29, 0.717) is 28.0 Å². The smallest absolute Gasteiger partial charge is 0.338 e. The van der Waals surface area contributed by atoms with Crippen LogP contribution in [0.1, 0.15) is 33.3 Å². The third kappa shape index (κ3) is 3.83. The average molecular weight is 416 g/mol. The van der Waals surface area contributed by atoms with Gasteiger partial charge >= 0.3 is 5.97 Å². The van der Waals surface area contributed by atoms with Crippen LogP contribution < -0.4 is 10.7 Å². The number of rotatable bonds is 5. The van der Waals surface area contributed by atoms with Gasteiger partial charge in [-0.3, -0.25) is 9.59 Å². The highest BCUT2D eigenvalue weighted by molar-refractivity contribution is 6.06. The van der Waals surface area contributed by atoms with Crippen molar-refractivity contribution in [2.24, 2.45) is 0 Å². The molecule has 8 heteroatoms. The van der Waals surface area contributed by atoms with Crippen molar-refractivity contribution in [3.8, 4) is 5.69 Å². The van der Waals surface area contributed by atoms with Crippen molar-refractivity contribution in [1.29, 1.82) is 0 Å². The normalized spacial score (nSPS) is 10.8. The summed E-state index contributed by atoms with van der Waals surface area (Å²) in [6, 6.07) is 15.7. The number of hydrogen-bond donors (Lipinski definition) is 2. The second-order valence-corrected chi connectivity index (χ2v) is 6.84. The number of aromatic amines is 1. The van der Waals surface area contributed by atoms with Gasteiger partial charge in [0.05, 0.1) is 28.9 Å². The standard InChI is InChI=1S/C23H20N4O4/c1-3-31-23(30)15-9-11-16(12-10-15)25-22(29)18-13-24-21-19(20(18)28)14(2)26-27(21)17-7-5-4-6-8-17/h4-13H,3H2,1-2H3,(H,24,28)(H,25,29). The van der Waals surface area contributed by atoms with Gasteiger partial charge in [-0.2, -0.15) is 5.10 Å². The molecule has 0 spiro atoms. The Balaban J connectivity index is 1.63. The summed E-state index contributed by atoms with van der Waals surface area (Å²) in [6.07, 6.45) is 1.38. The molecular weight excluding hydrogens is 396 g/mol. The lowest BCUT2D eigenvalue weighted by Crippen LogP contribution is -2.22. The van der Waals surface area contributed by atoms with E-state index < -0.39 is 17.3 Å². The highest BCUT2D eigenvalue weighted by atomic mass is 16.5. The van der Waals surface area contributed by atoms with Crippen LogP contribution in [0.4, 0.5) is 5.69 Å². The molecule has 8 nitrogen and oxygen atoms in total. The van der Waals surface area contributed by atoms with Gasteiger partial charge in [0.15, 0.2) is 0 Å². The highest BCUT2D eigenvalue weighted by Crippen LogP contribution is 2.18. The zero-order valence-electron chi connectivity index (χ0n) is 17.0. The molecule has 0 radical (unpaired) electrons. The molecule has 0 saturated carbocycles. The van der Waals surface area contributed by atoms with Crippen LogP contribution in [0.15, 0.2) is 65.6 Å². The summed E-state index contributed by atoms with van der Waals surface area (Å²) in [5, 5.41) is 7.49. The number of amides is 1. The van der Waals surface area contributed by atoms with Crippen molar-refractivity contribution >= 4 is 28.6 Å². The number of anilines is 1. The summed E-state index contributed by atoms with van der Waals surface area (Å²) in [6.45, 7) is 3.74. The SMILES string of the molecule is CCOC(=O)c1ccc(NC(=O)c2c[nH]c3c(c(C)nn3-c3ccccc3)c2=O)cc1. The third-order valence-corrected chi connectivity index (χ3v) is 4.78. The van der Waals surface area contributed by atoms with Crippen molar-refractivity contribution in [2.75, 3.05) is 11.9 Å². The minimum Gasteiger partial charge on any atom is -0.462 e. The number of benzene rings is 2. The first kappa shape index (κ1) is 20.1. The summed E-state index contributed by atoms with van der Waals surface area (Å²) in [7, 11) is 0. The molecule has 2 aromatic carbocycles. The summed E-state index contributed by atoms with van der Waals surface area (Å²) < 4.78 is 6.58. The Morgan fingerprint density at radius 3 is 2.48 bits per heavy atom. The number of para-hydroxylation sites is 1. The molecule has 2 aromatic heterocycles. The minimum atomic E-state index is -0.557. The van der Waals surface area contributed by atoms with Crippen molar-refractivity contribution in [1.82, 2.24) is 14.8 Å². The largest absolute Gasteiger partial charge is 0.462 e. The predicted molar refractivity (Wildman–Crippen MR) is 117 cm³/mol. The van der Waals surface area contributed by atoms with Crippen molar-refractivity contribution < 1.29 is 14.3 Å². The quantitative estimate of drug-likeness (QED) is 0.485. The van der Waals surface area contributed by atoms with Gasteiger partial charge in [-0.1, -0.05) is 18.2 Å². The first-order valence-corrected chi connectivity index (χ1v) is 9.74. The lowest BCUT2D eigenvalue weighted by atomic mass is 10.1. The maximum atomic E-state index is 13.0. The second kappa shape index (κ2) is 8.27. The van der Waals surface area contributed by atoms with Gasteiger partial charge in [0.2, 0.25) is 5.43 Å². The van der Waals surface area contributed by atoms with E-state index in [4.69, 9.17) is 4.74 Å². The van der Waals surface area contributed by atoms with Crippen LogP contribution in [-0.4, -0.2) is 33.2 Å². The van der Waals surface area contributed by atoms with Gasteiger partial charge in [0.1, 0.15) is 11.2 Å². The Bertz CT molecular complexity index is 1320. The molecule has 0 fully saturated rings. The molecule has 0 atom stereocenters. The number of aromatic nitrogens is 3. The maximum Gasteiger partial charge on any atom is 0.338 e. The lowest BCUT2D eigenvalue weighted by Gasteiger charge is -2.07. The summed E-state index contributed by atoms with van der Waals surface area (Å²) in [5.74, 6) is -0.993. The first-order valence-electron chi connectivity index (χ1n) is 9.74. The third-order valence-electron chi connectivity index (χ3n) is 4.78. The van der Waals surface area contributed by atoms with Crippen LogP contribution in [-0.2, 0) is 4.74 Å². The van der Waals surface area contributed by atoms with Crippen LogP contribution in [0, 0.1) is 6.92 Å². The van der Waals surface area contributed by atoms with E-state index in [-0.39, 0.29) is 12.2 Å². The molecule has 0 bridgehead atoms. The summed E-state index contributed by atoms with van der Waals surface area (Å²) >= 11 is 0. The predicted octanol–water partition coefficient (Wildman–Crippen LogP) is 3.45. The zero-order chi connectivity index (χ0) is 22.0. The van der Waals surface area contributed by atoms with E-state index in [0.717, 1.165) is 5.69 Å². The Morgan fingerprint density at radius 2 is 1.81 bits per heavy atom. The maximum absolute atomic E-state index is 13.0. The number of aryl methyl sites for hydroxylation is 1. The lowest BCUT2D eigenvalue weighted by molar-refractivity contribution is 0.0526. The second-order valence-electron chi connectivity index (χ2n) is 6.84. The molecule has 2 N–H and O–H groups in total. The number of nitrogens with one attached hydrogen (secondary N) is 2. The number of ether oxygens (including phenoxy) is 1. The molecule has 31 heavy (non-hydrogen) atoms. The molecule has 0 aliphatic rings. The van der Waals surface area contributed by atoms with Crippen molar-refractivity contribution in [2.45, 2.75) is 13.8 Å². The first-order chi connectivity index (χ1) is 15.0. The van der Waals surface area contributed by atoms with Gasteiger partial charge in [-0.15, -0.1) is 0 Å². The molecule has 156 valence electrons. The van der Waals surface area contributed by atoms with Crippen LogP contribution in [0.2, 0.25) is 0 Å². The minimum absolute atomic E-state index is 0.0299. The number of nitrogens with zero attached hydrogens (tertiary/aromatic N) is 2. The van der Waals surface area contributed by atoms with Crippen molar-refractivity contribution in [3.05, 3.63) is 87.8 Å². The summed E-state index contributed by atoms with van der Waals surface area (Å²) in [4.78, 5) is 40.6. The molecule has 0 aliphatic heterocycles. The van der Waals surface area contributed by atoms with E-state index >= 15 is 0 Å². The molecule has 4 rings (SSSR count). The number of H-pyrrole nitrogens is 1. The molecule has 4 aromatic rings. The van der Waals surface area contributed by atoms with E-state index in [2.05, 4.69) is 15.4 Å². The van der Waals surface area contributed by atoms with Gasteiger partial charge in [-0.05, 0) is 50.2 Å². The van der Waals surface area contributed by atoms with Crippen LogP contribution in [0.3, 0.4) is 0 Å². The van der Waals surface area contributed by atoms with E-state index in [1.54, 1.807) is 42.8 Å². The van der Waals surface area contributed by atoms with E-state index in [1.807, 2.05) is 30.3 Å². The van der Waals surface area contributed by atoms with Gasteiger partial charge in [0.25, 0.3) is 5.91 Å². The molecule has 0 saturated heterocycles. The van der Waals surface area contributed by atoms with Crippen LogP contribution in [0.5, 0.6) is 0 Å². The fourth-order valence-electron chi connectivity index (χ4n) is 3.30. The van der Waals surface area contributed by atoms with E-state index in [1.165, 1.54) is 6.20 Å². The molecule has 0 unspecified atom stereocenters. The summed E-state index contributed by atoms with van der Waals surface area (Å²) in [5.41, 5.74) is 2.23. The number of carbonyl (C=O) groups excluding carboxylic acids is 2. The Labute approximate surface area is 177 Å². The molecule has 1 amide bonds. The fourth-order valence-corrected chi connectivity index (χ4v) is 3.30. The van der Waals surface area contributed by atoms with E-state index in [9.17, 15) is 14.4 Å². The van der Waals surface area contributed by atoms with Gasteiger partial charge in [0, 0.05) is 11.9 Å². The fraction of sp³-hybridized carbons (Fsp3) is 0.130. The monoisotopic (exact) mass is 416 g/mol. The average Bonchev–Trinajstić information content (AvgIpc) is 3.12. The highest BCUT2D eigenvalue weighted by Gasteiger charge is 2.19. The number of pyridine rings is 1. The topological polar surface area (TPSA) is 106 Å². The molecule has 2 heterocycles.